The number of hydrogen-bond acceptors (Lipinski definition) is 5. The van der Waals surface area contributed by atoms with Gasteiger partial charge in [0.25, 0.3) is 0 Å². The predicted octanol–water partition coefficient (Wildman–Crippen LogP) is 4.84. The number of aromatic hydroxyl groups is 1. The molecule has 0 aromatic heterocycles. The zero-order valence-corrected chi connectivity index (χ0v) is 26.3. The Morgan fingerprint density at radius 2 is 1.67 bits per heavy atom. The molecular weight excluding hydrogens is 578 g/mol. The minimum Gasteiger partial charge on any atom is -0.508 e. The van der Waals surface area contributed by atoms with Crippen LogP contribution < -0.4 is 5.32 Å². The molecule has 9 nitrogen and oxygen atoms in total. The fourth-order valence-electron chi connectivity index (χ4n) is 6.28. The summed E-state index contributed by atoms with van der Waals surface area (Å²) in [5.41, 5.74) is 3.81. The Morgan fingerprint density at radius 1 is 1.00 bits per heavy atom. The van der Waals surface area contributed by atoms with Crippen molar-refractivity contribution in [2.45, 2.75) is 38.0 Å². The number of rotatable bonds is 10. The SMILES string of the molecule is C=C/C=C\C(=C/C)C(CN1C[C@H]2N(C(=O)CN(C)N2C(=O)NCc2ccccc2)[C@@H](Cc2ccc(O)cc2)C1=O)c1ccccc1. The summed E-state index contributed by atoms with van der Waals surface area (Å²) in [5, 5.41) is 16.1. The quantitative estimate of drug-likeness (QED) is 0.317. The highest BCUT2D eigenvalue weighted by molar-refractivity contribution is 5.91. The number of carbonyl (C=O) groups excluding carboxylic acids is 3. The lowest BCUT2D eigenvalue weighted by atomic mass is 9.88. The molecule has 2 N–H and O–H groups in total. The smallest absolute Gasteiger partial charge is 0.334 e. The third-order valence-corrected chi connectivity index (χ3v) is 8.56. The lowest BCUT2D eigenvalue weighted by molar-refractivity contribution is -0.187. The van der Waals surface area contributed by atoms with E-state index in [1.165, 1.54) is 0 Å². The van der Waals surface area contributed by atoms with Crippen LogP contribution >= 0.6 is 0 Å². The maximum atomic E-state index is 14.5. The number of fused-ring (bicyclic) bond motifs is 1. The Bertz CT molecular complexity index is 1590. The second-order valence-corrected chi connectivity index (χ2v) is 11.6. The summed E-state index contributed by atoms with van der Waals surface area (Å²) in [4.78, 5) is 45.4. The van der Waals surface area contributed by atoms with Gasteiger partial charge < -0.3 is 20.2 Å². The molecule has 3 aromatic carbocycles. The summed E-state index contributed by atoms with van der Waals surface area (Å²) in [6.07, 6.45) is 7.15. The van der Waals surface area contributed by atoms with E-state index in [9.17, 15) is 19.5 Å². The largest absolute Gasteiger partial charge is 0.508 e. The van der Waals surface area contributed by atoms with Crippen molar-refractivity contribution in [3.05, 3.63) is 138 Å². The molecule has 0 bridgehead atoms. The number of amides is 4. The van der Waals surface area contributed by atoms with E-state index in [0.717, 1.165) is 22.3 Å². The van der Waals surface area contributed by atoms with E-state index in [-0.39, 0.29) is 49.0 Å². The molecule has 3 atom stereocenters. The molecule has 2 aliphatic rings. The maximum Gasteiger partial charge on any atom is 0.334 e. The minimum absolute atomic E-state index is 0.0453. The van der Waals surface area contributed by atoms with Crippen molar-refractivity contribution in [3.8, 4) is 5.75 Å². The average molecular weight is 620 g/mol. The van der Waals surface area contributed by atoms with Crippen molar-refractivity contribution in [1.82, 2.24) is 25.1 Å². The number of hydrogen-bond donors (Lipinski definition) is 2. The molecule has 4 amide bonds. The molecule has 0 saturated carbocycles. The van der Waals surface area contributed by atoms with E-state index in [1.807, 2.05) is 85.8 Å². The first-order chi connectivity index (χ1) is 22.3. The summed E-state index contributed by atoms with van der Waals surface area (Å²) in [6, 6.07) is 25.1. The molecule has 0 spiro atoms. The predicted molar refractivity (Wildman–Crippen MR) is 178 cm³/mol. The van der Waals surface area contributed by atoms with Gasteiger partial charge in [-0.3, -0.25) is 9.59 Å². The van der Waals surface area contributed by atoms with E-state index in [1.54, 1.807) is 57.2 Å². The zero-order valence-electron chi connectivity index (χ0n) is 26.3. The summed E-state index contributed by atoms with van der Waals surface area (Å²) >= 11 is 0. The molecule has 46 heavy (non-hydrogen) atoms. The van der Waals surface area contributed by atoms with Crippen LogP contribution in [0.25, 0.3) is 0 Å². The van der Waals surface area contributed by atoms with Gasteiger partial charge in [-0.25, -0.2) is 14.8 Å². The van der Waals surface area contributed by atoms with Gasteiger partial charge in [-0.15, -0.1) is 0 Å². The maximum absolute atomic E-state index is 14.5. The monoisotopic (exact) mass is 619 g/mol. The normalized spacial score (nSPS) is 19.7. The van der Waals surface area contributed by atoms with Gasteiger partial charge in [0.2, 0.25) is 11.8 Å². The van der Waals surface area contributed by atoms with Crippen molar-refractivity contribution in [2.75, 3.05) is 26.7 Å². The Hall–Kier alpha value is -5.15. The molecule has 0 radical (unpaired) electrons. The first-order valence-corrected chi connectivity index (χ1v) is 15.5. The minimum atomic E-state index is -0.844. The fraction of sp³-hybridized carbons (Fsp3) is 0.270. The number of urea groups is 1. The molecule has 5 rings (SSSR count). The molecule has 0 aliphatic carbocycles. The van der Waals surface area contributed by atoms with Gasteiger partial charge in [0.05, 0.1) is 13.1 Å². The number of phenols is 1. The molecular formula is C37H41N5O4. The van der Waals surface area contributed by atoms with Crippen molar-refractivity contribution < 1.29 is 19.5 Å². The number of hydrazine groups is 1. The Balaban J connectivity index is 1.52. The van der Waals surface area contributed by atoms with Crippen LogP contribution in [0.4, 0.5) is 4.79 Å². The first-order valence-electron chi connectivity index (χ1n) is 15.5. The van der Waals surface area contributed by atoms with Crippen LogP contribution in [0.3, 0.4) is 0 Å². The van der Waals surface area contributed by atoms with Gasteiger partial charge in [-0.05, 0) is 41.3 Å². The Kier molecular flexibility index (Phi) is 10.3. The number of nitrogens with one attached hydrogen (secondary N) is 1. The van der Waals surface area contributed by atoms with Crippen LogP contribution in [0.2, 0.25) is 0 Å². The molecule has 2 aliphatic heterocycles. The molecule has 9 heteroatoms. The number of allylic oxidation sites excluding steroid dienone is 4. The second-order valence-electron chi connectivity index (χ2n) is 11.6. The molecule has 2 heterocycles. The second kappa shape index (κ2) is 14.8. The number of nitrogens with zero attached hydrogens (tertiary/aromatic N) is 4. The van der Waals surface area contributed by atoms with Crippen molar-refractivity contribution in [3.63, 3.8) is 0 Å². The number of likely N-dealkylation sites (N-methyl/N-ethyl adjacent to an activating group) is 1. The topological polar surface area (TPSA) is 96.4 Å². The zero-order chi connectivity index (χ0) is 32.6. The Morgan fingerprint density at radius 3 is 2.33 bits per heavy atom. The van der Waals surface area contributed by atoms with Gasteiger partial charge in [0.1, 0.15) is 18.0 Å². The number of phenolic OH excluding ortho intramolecular Hbond substituents is 1. The third kappa shape index (κ3) is 7.21. The van der Waals surface area contributed by atoms with Crippen molar-refractivity contribution >= 4 is 17.8 Å². The molecule has 1 unspecified atom stereocenters. The van der Waals surface area contributed by atoms with Gasteiger partial charge in [0, 0.05) is 32.5 Å². The summed E-state index contributed by atoms with van der Waals surface area (Å²) < 4.78 is 0. The van der Waals surface area contributed by atoms with E-state index < -0.39 is 12.2 Å². The summed E-state index contributed by atoms with van der Waals surface area (Å²) in [6.45, 7) is 6.56. The molecule has 2 fully saturated rings. The van der Waals surface area contributed by atoms with Gasteiger partial charge in [-0.1, -0.05) is 104 Å². The van der Waals surface area contributed by atoms with Crippen molar-refractivity contribution in [1.29, 1.82) is 0 Å². The highest BCUT2D eigenvalue weighted by atomic mass is 16.3. The van der Waals surface area contributed by atoms with Gasteiger partial charge in [0.15, 0.2) is 0 Å². The highest BCUT2D eigenvalue weighted by Gasteiger charge is 2.51. The van der Waals surface area contributed by atoms with Crippen molar-refractivity contribution in [2.24, 2.45) is 0 Å². The lowest BCUT2D eigenvalue weighted by Gasteiger charge is -2.54. The average Bonchev–Trinajstić information content (AvgIpc) is 3.07. The first kappa shape index (κ1) is 32.2. The standard InChI is InChI=1S/C37H41N5O4/c1-4-6-15-29(5-2)32(30-16-11-8-12-17-30)24-40-25-34-41(33(36(40)45)22-27-18-20-31(43)21-19-27)35(44)26-39(3)42(34)37(46)38-23-28-13-9-7-10-14-28/h4-21,32-34,43H,1,22-26H2,2-3H3,(H,38,46)/b15-6-,29-5+/t32?,33-,34-/m0/s1. The van der Waals surface area contributed by atoms with Gasteiger partial charge >= 0.3 is 6.03 Å². The lowest BCUT2D eigenvalue weighted by Crippen LogP contribution is -2.76. The summed E-state index contributed by atoms with van der Waals surface area (Å²) in [7, 11) is 1.72. The number of piperazine rings is 1. The van der Waals surface area contributed by atoms with Crippen LogP contribution in [0.15, 0.2) is 121 Å². The van der Waals surface area contributed by atoms with Crippen LogP contribution in [0.5, 0.6) is 5.75 Å². The fourth-order valence-corrected chi connectivity index (χ4v) is 6.28. The Labute approximate surface area is 270 Å². The van der Waals surface area contributed by atoms with Gasteiger partial charge in [-0.2, -0.15) is 0 Å². The number of carbonyl (C=O) groups is 3. The van der Waals surface area contributed by atoms with Crippen LogP contribution in [0.1, 0.15) is 29.5 Å². The highest BCUT2D eigenvalue weighted by Crippen LogP contribution is 2.32. The van der Waals surface area contributed by atoms with E-state index >= 15 is 0 Å². The van der Waals surface area contributed by atoms with E-state index in [4.69, 9.17) is 0 Å². The van der Waals surface area contributed by atoms with Crippen LogP contribution in [-0.4, -0.2) is 81.7 Å². The van der Waals surface area contributed by atoms with E-state index in [0.29, 0.717) is 13.1 Å². The van der Waals surface area contributed by atoms with Crippen LogP contribution in [-0.2, 0) is 22.6 Å². The molecule has 3 aromatic rings. The summed E-state index contributed by atoms with van der Waals surface area (Å²) in [5.74, 6) is -0.452. The third-order valence-electron chi connectivity index (χ3n) is 8.56. The van der Waals surface area contributed by atoms with Crippen LogP contribution in [0, 0.1) is 0 Å². The number of benzene rings is 3. The molecule has 238 valence electrons. The van der Waals surface area contributed by atoms with E-state index in [2.05, 4.69) is 11.9 Å². The molecule has 2 saturated heterocycles.